The number of hydrazone groups is 1. The summed E-state index contributed by atoms with van der Waals surface area (Å²) < 4.78 is 11.5. The normalized spacial score (nSPS) is 10.4. The number of thiocarbonyl (C=S) groups is 1. The maximum Gasteiger partial charge on any atom is 0.184 e. The van der Waals surface area contributed by atoms with Gasteiger partial charge in [0.1, 0.15) is 0 Å². The van der Waals surface area contributed by atoms with Crippen molar-refractivity contribution >= 4 is 39.5 Å². The van der Waals surface area contributed by atoms with Gasteiger partial charge in [-0.05, 0) is 47.2 Å². The van der Waals surface area contributed by atoms with Gasteiger partial charge in [0.2, 0.25) is 0 Å². The Labute approximate surface area is 119 Å². The van der Waals surface area contributed by atoms with Crippen LogP contribution in [0.1, 0.15) is 12.5 Å². The van der Waals surface area contributed by atoms with Gasteiger partial charge in [-0.2, -0.15) is 5.10 Å². The van der Waals surface area contributed by atoms with Crippen LogP contribution in [0.5, 0.6) is 11.5 Å². The van der Waals surface area contributed by atoms with Gasteiger partial charge < -0.3 is 15.2 Å². The average molecular weight is 332 g/mol. The SMILES string of the molecule is CCOc1cc(Br)c(C=NNC(N)=S)cc1OC. The minimum absolute atomic E-state index is 0.111. The molecule has 0 aliphatic heterocycles. The van der Waals surface area contributed by atoms with Crippen molar-refractivity contribution in [2.45, 2.75) is 6.92 Å². The van der Waals surface area contributed by atoms with Crippen LogP contribution in [0.15, 0.2) is 21.7 Å². The van der Waals surface area contributed by atoms with E-state index in [2.05, 4.69) is 38.7 Å². The number of nitrogens with one attached hydrogen (secondary N) is 1. The van der Waals surface area contributed by atoms with E-state index < -0.39 is 0 Å². The van der Waals surface area contributed by atoms with Crippen LogP contribution in [0.25, 0.3) is 0 Å². The quantitative estimate of drug-likeness (QED) is 0.491. The predicted molar refractivity (Wildman–Crippen MR) is 79.4 cm³/mol. The van der Waals surface area contributed by atoms with Crippen LogP contribution in [0.4, 0.5) is 0 Å². The van der Waals surface area contributed by atoms with Gasteiger partial charge in [0, 0.05) is 10.0 Å². The molecule has 0 fully saturated rings. The smallest absolute Gasteiger partial charge is 0.184 e. The zero-order chi connectivity index (χ0) is 13.5. The summed E-state index contributed by atoms with van der Waals surface area (Å²) in [6, 6.07) is 3.63. The lowest BCUT2D eigenvalue weighted by atomic mass is 10.2. The molecule has 0 bridgehead atoms. The number of ether oxygens (including phenoxy) is 2. The molecule has 0 saturated heterocycles. The number of benzene rings is 1. The molecule has 1 rings (SSSR count). The van der Waals surface area contributed by atoms with Gasteiger partial charge in [0.15, 0.2) is 16.6 Å². The molecule has 98 valence electrons. The summed E-state index contributed by atoms with van der Waals surface area (Å²) in [4.78, 5) is 0. The highest BCUT2D eigenvalue weighted by atomic mass is 79.9. The molecule has 1 aromatic carbocycles. The molecule has 0 aliphatic rings. The molecule has 0 heterocycles. The first kappa shape index (κ1) is 14.7. The summed E-state index contributed by atoms with van der Waals surface area (Å²) in [6.07, 6.45) is 1.58. The first-order chi connectivity index (χ1) is 8.58. The molecule has 1 aromatic rings. The van der Waals surface area contributed by atoms with Crippen molar-refractivity contribution < 1.29 is 9.47 Å². The van der Waals surface area contributed by atoms with Gasteiger partial charge in [-0.15, -0.1) is 0 Å². The summed E-state index contributed by atoms with van der Waals surface area (Å²) in [6.45, 7) is 2.48. The number of hydrogen-bond acceptors (Lipinski definition) is 4. The van der Waals surface area contributed by atoms with E-state index in [1.54, 1.807) is 19.4 Å². The van der Waals surface area contributed by atoms with Gasteiger partial charge in [0.05, 0.1) is 19.9 Å². The Bertz CT molecular complexity index is 466. The van der Waals surface area contributed by atoms with Crippen molar-refractivity contribution in [3.8, 4) is 11.5 Å². The third-order valence-electron chi connectivity index (χ3n) is 1.96. The van der Waals surface area contributed by atoms with Crippen molar-refractivity contribution in [3.63, 3.8) is 0 Å². The van der Waals surface area contributed by atoms with Crippen LogP contribution in [0, 0.1) is 0 Å². The largest absolute Gasteiger partial charge is 0.493 e. The fourth-order valence-electron chi connectivity index (χ4n) is 1.24. The molecular formula is C11H14BrN3O2S. The standard InChI is InChI=1S/C11H14BrN3O2S/c1-3-17-10-5-8(12)7(4-9(10)16-2)6-14-15-11(13)18/h4-6H,3H2,1-2H3,(H3,13,15,18). The molecule has 18 heavy (non-hydrogen) atoms. The van der Waals surface area contributed by atoms with E-state index in [1.165, 1.54) is 0 Å². The highest BCUT2D eigenvalue weighted by Crippen LogP contribution is 2.32. The summed E-state index contributed by atoms with van der Waals surface area (Å²) >= 11 is 8.07. The summed E-state index contributed by atoms with van der Waals surface area (Å²) in [7, 11) is 1.58. The Kier molecular flexibility index (Phi) is 5.87. The van der Waals surface area contributed by atoms with Crippen LogP contribution in [-0.4, -0.2) is 25.0 Å². The molecule has 0 radical (unpaired) electrons. The van der Waals surface area contributed by atoms with Gasteiger partial charge in [0.25, 0.3) is 0 Å². The van der Waals surface area contributed by atoms with E-state index in [0.717, 1.165) is 10.0 Å². The van der Waals surface area contributed by atoms with Crippen molar-refractivity contribution in [2.75, 3.05) is 13.7 Å². The Morgan fingerprint density at radius 2 is 2.28 bits per heavy atom. The topological polar surface area (TPSA) is 68.9 Å². The maximum absolute atomic E-state index is 5.45. The Morgan fingerprint density at radius 3 is 2.83 bits per heavy atom. The Balaban J connectivity index is 2.99. The fourth-order valence-corrected chi connectivity index (χ4v) is 1.72. The van der Waals surface area contributed by atoms with Crippen molar-refractivity contribution in [1.29, 1.82) is 0 Å². The number of methoxy groups -OCH3 is 1. The first-order valence-corrected chi connectivity index (χ1v) is 6.37. The molecule has 3 N–H and O–H groups in total. The van der Waals surface area contributed by atoms with Crippen LogP contribution in [-0.2, 0) is 0 Å². The molecule has 0 atom stereocenters. The molecule has 5 nitrogen and oxygen atoms in total. The minimum atomic E-state index is 0.111. The number of hydrogen-bond donors (Lipinski definition) is 2. The van der Waals surface area contributed by atoms with E-state index in [9.17, 15) is 0 Å². The number of nitrogens with two attached hydrogens (primary N) is 1. The minimum Gasteiger partial charge on any atom is -0.493 e. The van der Waals surface area contributed by atoms with Crippen molar-refractivity contribution in [3.05, 3.63) is 22.2 Å². The second-order valence-corrected chi connectivity index (χ2v) is 4.49. The number of halogens is 1. The van der Waals surface area contributed by atoms with Crippen LogP contribution >= 0.6 is 28.1 Å². The second kappa shape index (κ2) is 7.17. The molecule has 0 unspecified atom stereocenters. The van der Waals surface area contributed by atoms with E-state index in [0.29, 0.717) is 18.1 Å². The lowest BCUT2D eigenvalue weighted by Gasteiger charge is -2.11. The molecule has 0 amide bonds. The van der Waals surface area contributed by atoms with Gasteiger partial charge in [-0.3, -0.25) is 5.43 Å². The van der Waals surface area contributed by atoms with E-state index in [1.807, 2.05) is 13.0 Å². The van der Waals surface area contributed by atoms with Crippen LogP contribution < -0.4 is 20.6 Å². The van der Waals surface area contributed by atoms with E-state index >= 15 is 0 Å². The van der Waals surface area contributed by atoms with Gasteiger partial charge >= 0.3 is 0 Å². The van der Waals surface area contributed by atoms with Crippen molar-refractivity contribution in [2.24, 2.45) is 10.8 Å². The lowest BCUT2D eigenvalue weighted by Crippen LogP contribution is -2.24. The highest BCUT2D eigenvalue weighted by Gasteiger charge is 2.08. The Morgan fingerprint density at radius 1 is 1.56 bits per heavy atom. The van der Waals surface area contributed by atoms with Crippen LogP contribution in [0.2, 0.25) is 0 Å². The number of rotatable bonds is 5. The molecular weight excluding hydrogens is 318 g/mol. The highest BCUT2D eigenvalue weighted by molar-refractivity contribution is 9.10. The lowest BCUT2D eigenvalue weighted by molar-refractivity contribution is 0.310. The fraction of sp³-hybridized carbons (Fsp3) is 0.273. The first-order valence-electron chi connectivity index (χ1n) is 5.17. The van der Waals surface area contributed by atoms with E-state index in [-0.39, 0.29) is 5.11 Å². The molecule has 0 saturated carbocycles. The summed E-state index contributed by atoms with van der Waals surface area (Å²) in [5.74, 6) is 1.31. The Hall–Kier alpha value is -1.34. The average Bonchev–Trinajstić information content (AvgIpc) is 2.32. The third-order valence-corrected chi connectivity index (χ3v) is 2.74. The summed E-state index contributed by atoms with van der Waals surface area (Å²) in [5, 5.41) is 4.00. The van der Waals surface area contributed by atoms with Crippen molar-refractivity contribution in [1.82, 2.24) is 5.43 Å². The second-order valence-electron chi connectivity index (χ2n) is 3.19. The number of nitrogens with zero attached hydrogens (tertiary/aromatic N) is 1. The van der Waals surface area contributed by atoms with E-state index in [4.69, 9.17) is 15.2 Å². The van der Waals surface area contributed by atoms with Crippen LogP contribution in [0.3, 0.4) is 0 Å². The molecule has 7 heteroatoms. The predicted octanol–water partition coefficient (Wildman–Crippen LogP) is 2.02. The van der Waals surface area contributed by atoms with Gasteiger partial charge in [-0.25, -0.2) is 0 Å². The summed E-state index contributed by atoms with van der Waals surface area (Å²) in [5.41, 5.74) is 8.57. The molecule has 0 aliphatic carbocycles. The molecule has 0 aromatic heterocycles. The molecule has 0 spiro atoms. The third kappa shape index (κ3) is 4.15. The monoisotopic (exact) mass is 331 g/mol. The zero-order valence-corrected chi connectivity index (χ0v) is 12.5. The zero-order valence-electron chi connectivity index (χ0n) is 10.1. The maximum atomic E-state index is 5.45. The van der Waals surface area contributed by atoms with Gasteiger partial charge in [-0.1, -0.05) is 0 Å².